The molecule has 4 rings (SSSR count). The molecule has 0 radical (unpaired) electrons. The summed E-state index contributed by atoms with van der Waals surface area (Å²) in [6, 6.07) is 11.2. The number of aromatic nitrogens is 3. The molecule has 0 fully saturated rings. The van der Waals surface area contributed by atoms with Crippen molar-refractivity contribution in [1.29, 1.82) is 0 Å². The summed E-state index contributed by atoms with van der Waals surface area (Å²) in [7, 11) is 0. The minimum Gasteiger partial charge on any atom is -0.319 e. The summed E-state index contributed by atoms with van der Waals surface area (Å²) in [6.45, 7) is 3.66. The van der Waals surface area contributed by atoms with Gasteiger partial charge in [0.1, 0.15) is 9.88 Å². The monoisotopic (exact) mass is 396 g/mol. The summed E-state index contributed by atoms with van der Waals surface area (Å²) in [6.07, 6.45) is 1.64. The number of benzene rings is 1. The van der Waals surface area contributed by atoms with E-state index in [4.69, 9.17) is 0 Å². The first-order chi connectivity index (χ1) is 13.0. The molecule has 0 saturated carbocycles. The zero-order valence-electron chi connectivity index (χ0n) is 14.6. The van der Waals surface area contributed by atoms with Crippen molar-refractivity contribution in [3.8, 4) is 15.6 Å². The molecule has 0 aliphatic carbocycles. The number of hydrogen-bond donors (Lipinski definition) is 2. The molecule has 8 heteroatoms. The Morgan fingerprint density at radius 1 is 1.19 bits per heavy atom. The van der Waals surface area contributed by atoms with Gasteiger partial charge in [0.15, 0.2) is 0 Å². The van der Waals surface area contributed by atoms with Crippen LogP contribution in [0.4, 0.5) is 5.69 Å². The van der Waals surface area contributed by atoms with E-state index in [-0.39, 0.29) is 11.6 Å². The number of anilines is 1. The molecule has 136 valence electrons. The summed E-state index contributed by atoms with van der Waals surface area (Å²) in [5.74, 6) is -0.235. The van der Waals surface area contributed by atoms with Crippen molar-refractivity contribution in [1.82, 2.24) is 14.5 Å². The Bertz CT molecular complexity index is 1170. The van der Waals surface area contributed by atoms with Crippen LogP contribution in [-0.2, 0) is 0 Å². The number of carbonyl (C=O) groups is 1. The van der Waals surface area contributed by atoms with Crippen LogP contribution in [-0.4, -0.2) is 20.4 Å². The molecule has 0 aliphatic rings. The fourth-order valence-electron chi connectivity index (χ4n) is 2.82. The van der Waals surface area contributed by atoms with Crippen LogP contribution in [0, 0.1) is 13.8 Å². The molecule has 1 aromatic carbocycles. The van der Waals surface area contributed by atoms with E-state index < -0.39 is 0 Å². The van der Waals surface area contributed by atoms with Crippen molar-refractivity contribution in [3.63, 3.8) is 0 Å². The number of thiazole rings is 1. The SMILES string of the molecule is Cc1nc(-c2cccs2)sc1C(=O)Nc1ccccc1-n1c(C)c[nH]c1=O. The van der Waals surface area contributed by atoms with E-state index in [0.717, 1.165) is 15.6 Å². The number of thiophene rings is 1. The lowest BCUT2D eigenvalue weighted by atomic mass is 10.2. The second kappa shape index (κ2) is 6.98. The van der Waals surface area contributed by atoms with Crippen LogP contribution >= 0.6 is 22.7 Å². The number of para-hydroxylation sites is 2. The highest BCUT2D eigenvalue weighted by Gasteiger charge is 2.19. The van der Waals surface area contributed by atoms with E-state index in [1.165, 1.54) is 15.9 Å². The molecule has 0 bridgehead atoms. The Balaban J connectivity index is 1.68. The molecule has 6 nitrogen and oxygen atoms in total. The van der Waals surface area contributed by atoms with Crippen LogP contribution in [0.1, 0.15) is 21.1 Å². The molecule has 27 heavy (non-hydrogen) atoms. The van der Waals surface area contributed by atoms with Gasteiger partial charge in [0, 0.05) is 11.9 Å². The lowest BCUT2D eigenvalue weighted by Crippen LogP contribution is -2.19. The molecule has 0 unspecified atom stereocenters. The number of hydrogen-bond acceptors (Lipinski definition) is 5. The van der Waals surface area contributed by atoms with Gasteiger partial charge < -0.3 is 10.3 Å². The van der Waals surface area contributed by atoms with E-state index in [9.17, 15) is 9.59 Å². The van der Waals surface area contributed by atoms with Gasteiger partial charge in [0.25, 0.3) is 5.91 Å². The predicted octanol–water partition coefficient (Wildman–Crippen LogP) is 4.22. The summed E-state index contributed by atoms with van der Waals surface area (Å²) in [4.78, 5) is 33.8. The van der Waals surface area contributed by atoms with Gasteiger partial charge in [-0.05, 0) is 37.4 Å². The average Bonchev–Trinajstić information content (AvgIpc) is 3.37. The lowest BCUT2D eigenvalue weighted by molar-refractivity contribution is 0.103. The Kier molecular flexibility index (Phi) is 4.51. The quantitative estimate of drug-likeness (QED) is 0.542. The zero-order valence-corrected chi connectivity index (χ0v) is 16.3. The molecule has 0 aliphatic heterocycles. The van der Waals surface area contributed by atoms with Gasteiger partial charge in [0.05, 0.1) is 21.9 Å². The smallest absolute Gasteiger partial charge is 0.319 e. The summed E-state index contributed by atoms with van der Waals surface area (Å²) < 4.78 is 1.53. The summed E-state index contributed by atoms with van der Waals surface area (Å²) >= 11 is 2.96. The number of aryl methyl sites for hydroxylation is 2. The van der Waals surface area contributed by atoms with E-state index >= 15 is 0 Å². The summed E-state index contributed by atoms with van der Waals surface area (Å²) in [5, 5.41) is 5.75. The maximum atomic E-state index is 12.9. The fourth-order valence-corrected chi connectivity index (χ4v) is 4.58. The zero-order chi connectivity index (χ0) is 19.0. The molecule has 3 heterocycles. The third kappa shape index (κ3) is 3.24. The first-order valence-corrected chi connectivity index (χ1v) is 9.93. The van der Waals surface area contributed by atoms with Crippen molar-refractivity contribution >= 4 is 34.3 Å². The molecule has 1 amide bonds. The van der Waals surface area contributed by atoms with Gasteiger partial charge in [-0.3, -0.25) is 9.36 Å². The van der Waals surface area contributed by atoms with Gasteiger partial charge in [-0.1, -0.05) is 18.2 Å². The van der Waals surface area contributed by atoms with Crippen LogP contribution in [0.15, 0.2) is 52.8 Å². The molecule has 2 N–H and O–H groups in total. The number of imidazole rings is 1. The second-order valence-electron chi connectivity index (χ2n) is 5.95. The Morgan fingerprint density at radius 3 is 2.70 bits per heavy atom. The molecule has 0 spiro atoms. The number of nitrogens with one attached hydrogen (secondary N) is 2. The third-order valence-electron chi connectivity index (χ3n) is 4.09. The first kappa shape index (κ1) is 17.4. The third-order valence-corrected chi connectivity index (χ3v) is 6.28. The van der Waals surface area contributed by atoms with E-state index in [1.54, 1.807) is 29.7 Å². The topological polar surface area (TPSA) is 79.8 Å². The molecule has 4 aromatic rings. The van der Waals surface area contributed by atoms with Crippen LogP contribution in [0.5, 0.6) is 0 Å². The van der Waals surface area contributed by atoms with E-state index in [0.29, 0.717) is 21.9 Å². The number of nitrogens with zero attached hydrogens (tertiary/aromatic N) is 2. The Labute approximate surface area is 163 Å². The van der Waals surface area contributed by atoms with Crippen molar-refractivity contribution in [3.05, 3.63) is 74.7 Å². The van der Waals surface area contributed by atoms with Gasteiger partial charge in [-0.15, -0.1) is 22.7 Å². The van der Waals surface area contributed by atoms with Gasteiger partial charge in [-0.25, -0.2) is 9.78 Å². The molecular weight excluding hydrogens is 380 g/mol. The fraction of sp³-hybridized carbons (Fsp3) is 0.105. The first-order valence-electron chi connectivity index (χ1n) is 8.23. The number of amides is 1. The second-order valence-corrected chi connectivity index (χ2v) is 7.90. The van der Waals surface area contributed by atoms with Crippen molar-refractivity contribution in [2.24, 2.45) is 0 Å². The Morgan fingerprint density at radius 2 is 2.00 bits per heavy atom. The number of aromatic amines is 1. The highest BCUT2D eigenvalue weighted by molar-refractivity contribution is 7.22. The van der Waals surface area contributed by atoms with Crippen LogP contribution in [0.25, 0.3) is 15.6 Å². The number of H-pyrrole nitrogens is 1. The predicted molar refractivity (Wildman–Crippen MR) is 109 cm³/mol. The minimum atomic E-state index is -0.247. The van der Waals surface area contributed by atoms with Crippen LogP contribution in [0.3, 0.4) is 0 Å². The maximum absolute atomic E-state index is 12.9. The van der Waals surface area contributed by atoms with Crippen molar-refractivity contribution < 1.29 is 4.79 Å². The largest absolute Gasteiger partial charge is 0.330 e. The minimum absolute atomic E-state index is 0.235. The van der Waals surface area contributed by atoms with E-state index in [1.807, 2.05) is 43.5 Å². The lowest BCUT2D eigenvalue weighted by Gasteiger charge is -2.12. The molecule has 3 aromatic heterocycles. The van der Waals surface area contributed by atoms with E-state index in [2.05, 4.69) is 15.3 Å². The van der Waals surface area contributed by atoms with Crippen LogP contribution < -0.4 is 11.0 Å². The normalized spacial score (nSPS) is 10.9. The van der Waals surface area contributed by atoms with Gasteiger partial charge >= 0.3 is 5.69 Å². The standard InChI is InChI=1S/C19H16N4O2S2/c1-11-10-20-19(25)23(11)14-7-4-3-6-13(14)22-17(24)16-12(2)21-18(27-16)15-8-5-9-26-15/h3-10H,1-2H3,(H,20,25)(H,22,24). The van der Waals surface area contributed by atoms with Crippen molar-refractivity contribution in [2.75, 3.05) is 5.32 Å². The highest BCUT2D eigenvalue weighted by atomic mass is 32.1. The molecule has 0 saturated heterocycles. The van der Waals surface area contributed by atoms with Crippen molar-refractivity contribution in [2.45, 2.75) is 13.8 Å². The summed E-state index contributed by atoms with van der Waals surface area (Å²) in [5.41, 5.74) is 2.39. The van der Waals surface area contributed by atoms with Crippen LogP contribution in [0.2, 0.25) is 0 Å². The van der Waals surface area contributed by atoms with Gasteiger partial charge in [0.2, 0.25) is 0 Å². The molecular formula is C19H16N4O2S2. The maximum Gasteiger partial charge on any atom is 0.330 e. The number of rotatable bonds is 4. The highest BCUT2D eigenvalue weighted by Crippen LogP contribution is 2.32. The molecule has 0 atom stereocenters. The Hall–Kier alpha value is -2.97. The number of carbonyl (C=O) groups excluding carboxylic acids is 1. The van der Waals surface area contributed by atoms with Gasteiger partial charge in [-0.2, -0.15) is 0 Å². The average molecular weight is 396 g/mol.